The van der Waals surface area contributed by atoms with Crippen LogP contribution in [0.2, 0.25) is 0 Å². The Morgan fingerprint density at radius 1 is 1.33 bits per heavy atom. The predicted molar refractivity (Wildman–Crippen MR) is 77.5 cm³/mol. The van der Waals surface area contributed by atoms with Gasteiger partial charge < -0.3 is 5.32 Å². The van der Waals surface area contributed by atoms with Gasteiger partial charge in [-0.1, -0.05) is 19.9 Å². The van der Waals surface area contributed by atoms with E-state index in [4.69, 9.17) is 0 Å². The van der Waals surface area contributed by atoms with E-state index in [0.717, 1.165) is 26.2 Å². The molecule has 0 spiro atoms. The maximum atomic E-state index is 4.55. The van der Waals surface area contributed by atoms with Crippen molar-refractivity contribution in [3.05, 3.63) is 29.6 Å². The second-order valence-corrected chi connectivity index (χ2v) is 4.94. The van der Waals surface area contributed by atoms with Crippen molar-refractivity contribution in [3.63, 3.8) is 0 Å². The van der Waals surface area contributed by atoms with Gasteiger partial charge in [-0.15, -0.1) is 0 Å². The molecule has 102 valence electrons. The van der Waals surface area contributed by atoms with Crippen LogP contribution in [0.15, 0.2) is 18.3 Å². The van der Waals surface area contributed by atoms with Crippen molar-refractivity contribution in [1.82, 2.24) is 15.2 Å². The summed E-state index contributed by atoms with van der Waals surface area (Å²) in [6.45, 7) is 12.9. The summed E-state index contributed by atoms with van der Waals surface area (Å²) >= 11 is 0. The molecule has 0 aliphatic rings. The number of pyridine rings is 1. The number of hydrogen-bond acceptors (Lipinski definition) is 3. The zero-order valence-corrected chi connectivity index (χ0v) is 12.2. The maximum Gasteiger partial charge on any atom is 0.0588 e. The van der Waals surface area contributed by atoms with E-state index < -0.39 is 0 Å². The first-order chi connectivity index (χ1) is 8.69. The van der Waals surface area contributed by atoms with E-state index in [9.17, 15) is 0 Å². The molecule has 1 aromatic rings. The SMILES string of the molecule is CCCNCc1cccnc1CN(CC)C(C)C. The molecule has 0 saturated heterocycles. The van der Waals surface area contributed by atoms with Crippen LogP contribution in [0.25, 0.3) is 0 Å². The Hall–Kier alpha value is -0.930. The van der Waals surface area contributed by atoms with E-state index in [-0.39, 0.29) is 0 Å². The summed E-state index contributed by atoms with van der Waals surface area (Å²) in [6.07, 6.45) is 3.06. The predicted octanol–water partition coefficient (Wildman–Crippen LogP) is 2.81. The van der Waals surface area contributed by atoms with Gasteiger partial charge in [0.25, 0.3) is 0 Å². The molecule has 0 bridgehead atoms. The van der Waals surface area contributed by atoms with Crippen molar-refractivity contribution >= 4 is 0 Å². The van der Waals surface area contributed by atoms with Crippen molar-refractivity contribution in [1.29, 1.82) is 0 Å². The van der Waals surface area contributed by atoms with Gasteiger partial charge in [-0.25, -0.2) is 0 Å². The van der Waals surface area contributed by atoms with Crippen molar-refractivity contribution in [2.24, 2.45) is 0 Å². The minimum atomic E-state index is 0.563. The van der Waals surface area contributed by atoms with E-state index in [1.54, 1.807) is 0 Å². The van der Waals surface area contributed by atoms with Gasteiger partial charge in [0.1, 0.15) is 0 Å². The van der Waals surface area contributed by atoms with E-state index in [1.165, 1.54) is 17.7 Å². The molecule has 3 heteroatoms. The summed E-state index contributed by atoms with van der Waals surface area (Å²) in [5.74, 6) is 0. The topological polar surface area (TPSA) is 28.2 Å². The number of nitrogens with zero attached hydrogens (tertiary/aromatic N) is 2. The highest BCUT2D eigenvalue weighted by Crippen LogP contribution is 2.10. The molecule has 0 fully saturated rings. The molecular weight excluding hydrogens is 222 g/mol. The summed E-state index contributed by atoms with van der Waals surface area (Å²) in [4.78, 5) is 6.98. The van der Waals surface area contributed by atoms with Crippen LogP contribution in [0.3, 0.4) is 0 Å². The van der Waals surface area contributed by atoms with Crippen molar-refractivity contribution in [2.45, 2.75) is 53.2 Å². The molecule has 0 unspecified atom stereocenters. The van der Waals surface area contributed by atoms with Gasteiger partial charge >= 0.3 is 0 Å². The number of aromatic nitrogens is 1. The summed E-state index contributed by atoms with van der Waals surface area (Å²) in [5, 5.41) is 3.45. The quantitative estimate of drug-likeness (QED) is 0.718. The van der Waals surface area contributed by atoms with Gasteiger partial charge in [0, 0.05) is 25.3 Å². The third-order valence-corrected chi connectivity index (χ3v) is 3.22. The molecule has 1 N–H and O–H groups in total. The average molecular weight is 249 g/mol. The first-order valence-electron chi connectivity index (χ1n) is 7.06. The van der Waals surface area contributed by atoms with Gasteiger partial charge in [0.05, 0.1) is 5.69 Å². The van der Waals surface area contributed by atoms with Crippen molar-refractivity contribution in [3.8, 4) is 0 Å². The fourth-order valence-corrected chi connectivity index (χ4v) is 2.03. The van der Waals surface area contributed by atoms with Crippen LogP contribution in [0.4, 0.5) is 0 Å². The van der Waals surface area contributed by atoms with Crippen LogP contribution < -0.4 is 5.32 Å². The lowest BCUT2D eigenvalue weighted by atomic mass is 10.1. The van der Waals surface area contributed by atoms with E-state index in [2.05, 4.69) is 49.0 Å². The van der Waals surface area contributed by atoms with Gasteiger partial charge in [-0.2, -0.15) is 0 Å². The summed E-state index contributed by atoms with van der Waals surface area (Å²) in [7, 11) is 0. The molecule has 0 atom stereocenters. The zero-order valence-electron chi connectivity index (χ0n) is 12.2. The Kier molecular flexibility index (Phi) is 6.91. The molecular formula is C15H27N3. The Morgan fingerprint density at radius 2 is 2.11 bits per heavy atom. The number of nitrogens with one attached hydrogen (secondary N) is 1. The van der Waals surface area contributed by atoms with Crippen LogP contribution in [0.5, 0.6) is 0 Å². The minimum Gasteiger partial charge on any atom is -0.313 e. The van der Waals surface area contributed by atoms with Crippen LogP contribution in [-0.2, 0) is 13.1 Å². The van der Waals surface area contributed by atoms with Crippen LogP contribution in [-0.4, -0.2) is 29.0 Å². The zero-order chi connectivity index (χ0) is 13.4. The van der Waals surface area contributed by atoms with Gasteiger partial charge in [-0.05, 0) is 45.0 Å². The molecule has 0 saturated carbocycles. The van der Waals surface area contributed by atoms with Crippen LogP contribution >= 0.6 is 0 Å². The highest BCUT2D eigenvalue weighted by atomic mass is 15.1. The molecule has 0 radical (unpaired) electrons. The third-order valence-electron chi connectivity index (χ3n) is 3.22. The van der Waals surface area contributed by atoms with Crippen LogP contribution in [0.1, 0.15) is 45.4 Å². The molecule has 0 aliphatic carbocycles. The second-order valence-electron chi connectivity index (χ2n) is 4.94. The molecule has 1 rings (SSSR count). The smallest absolute Gasteiger partial charge is 0.0588 e. The molecule has 0 aromatic carbocycles. The lowest BCUT2D eigenvalue weighted by Gasteiger charge is -2.25. The Balaban J connectivity index is 2.68. The Morgan fingerprint density at radius 3 is 2.72 bits per heavy atom. The standard InChI is InChI=1S/C15H27N3/c1-5-9-16-11-14-8-7-10-17-15(14)12-18(6-2)13(3)4/h7-8,10,13,16H,5-6,9,11-12H2,1-4H3. The molecule has 3 nitrogen and oxygen atoms in total. The molecule has 0 amide bonds. The fraction of sp³-hybridized carbons (Fsp3) is 0.667. The summed E-state index contributed by atoms with van der Waals surface area (Å²) in [5.41, 5.74) is 2.53. The molecule has 1 heterocycles. The highest BCUT2D eigenvalue weighted by molar-refractivity contribution is 5.19. The minimum absolute atomic E-state index is 0.563. The summed E-state index contributed by atoms with van der Waals surface area (Å²) in [6, 6.07) is 4.77. The van der Waals surface area contributed by atoms with Gasteiger partial charge in [-0.3, -0.25) is 9.88 Å². The molecule has 0 aliphatic heterocycles. The van der Waals surface area contributed by atoms with Crippen molar-refractivity contribution in [2.75, 3.05) is 13.1 Å². The normalized spacial score (nSPS) is 11.4. The highest BCUT2D eigenvalue weighted by Gasteiger charge is 2.11. The first-order valence-corrected chi connectivity index (χ1v) is 7.06. The Bertz CT molecular complexity index is 336. The Labute approximate surface area is 112 Å². The fourth-order valence-electron chi connectivity index (χ4n) is 2.03. The van der Waals surface area contributed by atoms with Crippen molar-refractivity contribution < 1.29 is 0 Å². The molecule has 1 aromatic heterocycles. The average Bonchev–Trinajstić information content (AvgIpc) is 2.37. The second kappa shape index (κ2) is 8.22. The number of hydrogen-bond donors (Lipinski definition) is 1. The van der Waals surface area contributed by atoms with Crippen LogP contribution in [0, 0.1) is 0 Å². The van der Waals surface area contributed by atoms with Gasteiger partial charge in [0.2, 0.25) is 0 Å². The summed E-state index contributed by atoms with van der Waals surface area (Å²) < 4.78 is 0. The number of rotatable bonds is 8. The van der Waals surface area contributed by atoms with E-state index in [1.807, 2.05) is 12.3 Å². The largest absolute Gasteiger partial charge is 0.313 e. The van der Waals surface area contributed by atoms with E-state index >= 15 is 0 Å². The third kappa shape index (κ3) is 4.75. The van der Waals surface area contributed by atoms with Gasteiger partial charge in [0.15, 0.2) is 0 Å². The lowest BCUT2D eigenvalue weighted by Crippen LogP contribution is -2.31. The molecule has 18 heavy (non-hydrogen) atoms. The van der Waals surface area contributed by atoms with E-state index in [0.29, 0.717) is 6.04 Å². The lowest BCUT2D eigenvalue weighted by molar-refractivity contribution is 0.221. The first kappa shape index (κ1) is 15.1. The monoisotopic (exact) mass is 249 g/mol. The maximum absolute atomic E-state index is 4.55.